The average molecular weight is 318 g/mol. The molecule has 0 saturated heterocycles. The van der Waals surface area contributed by atoms with Crippen molar-refractivity contribution < 1.29 is 13.6 Å². The number of benzene rings is 2. The van der Waals surface area contributed by atoms with Crippen molar-refractivity contribution in [3.63, 3.8) is 0 Å². The molecule has 0 aliphatic carbocycles. The van der Waals surface area contributed by atoms with Crippen molar-refractivity contribution in [2.24, 2.45) is 0 Å². The average Bonchev–Trinajstić information content (AvgIpc) is 2.55. The van der Waals surface area contributed by atoms with Gasteiger partial charge in [-0.15, -0.1) is 0 Å². The zero-order valence-corrected chi connectivity index (χ0v) is 13.2. The highest BCUT2D eigenvalue weighted by atomic mass is 19.1. The van der Waals surface area contributed by atoms with Crippen molar-refractivity contribution in [1.29, 1.82) is 0 Å². The summed E-state index contributed by atoms with van der Waals surface area (Å²) in [4.78, 5) is 12.0. The Hall–Kier alpha value is -2.43. The van der Waals surface area contributed by atoms with Gasteiger partial charge in [0.15, 0.2) is 0 Å². The minimum Gasteiger partial charge on any atom is -0.376 e. The van der Waals surface area contributed by atoms with Crippen molar-refractivity contribution in [1.82, 2.24) is 0 Å². The molecule has 2 N–H and O–H groups in total. The fourth-order valence-corrected chi connectivity index (χ4v) is 2.42. The van der Waals surface area contributed by atoms with E-state index in [2.05, 4.69) is 10.6 Å². The number of halogens is 2. The van der Waals surface area contributed by atoms with Crippen LogP contribution in [0.15, 0.2) is 36.4 Å². The van der Waals surface area contributed by atoms with Gasteiger partial charge in [-0.3, -0.25) is 4.79 Å². The summed E-state index contributed by atoms with van der Waals surface area (Å²) < 4.78 is 26.4. The molecule has 0 radical (unpaired) electrons. The standard InChI is InChI=1S/C18H20F2N2O/c1-3-12-6-5-7-13(4-2)18(12)21-11-17(23)22-16-9-8-14(19)10-15(16)20/h5-10,21H,3-4,11H2,1-2H3,(H,22,23). The van der Waals surface area contributed by atoms with Crippen LogP contribution in [0.2, 0.25) is 0 Å². The van der Waals surface area contributed by atoms with Gasteiger partial charge in [0.05, 0.1) is 12.2 Å². The number of carbonyl (C=O) groups excluding carboxylic acids is 1. The molecule has 0 heterocycles. The van der Waals surface area contributed by atoms with Crippen LogP contribution in [-0.2, 0) is 17.6 Å². The highest BCUT2D eigenvalue weighted by molar-refractivity contribution is 5.94. The lowest BCUT2D eigenvalue weighted by molar-refractivity contribution is -0.114. The molecule has 0 unspecified atom stereocenters. The van der Waals surface area contributed by atoms with Crippen LogP contribution in [0.25, 0.3) is 0 Å². The Balaban J connectivity index is 2.05. The normalized spacial score (nSPS) is 10.4. The topological polar surface area (TPSA) is 41.1 Å². The molecule has 3 nitrogen and oxygen atoms in total. The first-order valence-electron chi connectivity index (χ1n) is 7.64. The van der Waals surface area contributed by atoms with Gasteiger partial charge >= 0.3 is 0 Å². The van der Waals surface area contributed by atoms with E-state index >= 15 is 0 Å². The molecule has 0 saturated carbocycles. The Labute approximate surface area is 134 Å². The molecule has 2 rings (SSSR count). The van der Waals surface area contributed by atoms with E-state index in [1.165, 1.54) is 6.07 Å². The van der Waals surface area contributed by atoms with Crippen molar-refractivity contribution in [3.8, 4) is 0 Å². The molecule has 1 amide bonds. The van der Waals surface area contributed by atoms with Crippen LogP contribution in [0.4, 0.5) is 20.2 Å². The molecule has 0 aromatic heterocycles. The largest absolute Gasteiger partial charge is 0.376 e. The van der Waals surface area contributed by atoms with Gasteiger partial charge in [0.25, 0.3) is 0 Å². The molecule has 0 fully saturated rings. The Morgan fingerprint density at radius 2 is 1.70 bits per heavy atom. The van der Waals surface area contributed by atoms with E-state index in [1.54, 1.807) is 0 Å². The second kappa shape index (κ2) is 7.72. The summed E-state index contributed by atoms with van der Waals surface area (Å²) in [6.45, 7) is 4.11. The highest BCUT2D eigenvalue weighted by Crippen LogP contribution is 2.22. The van der Waals surface area contributed by atoms with Crippen molar-refractivity contribution in [2.45, 2.75) is 26.7 Å². The summed E-state index contributed by atoms with van der Waals surface area (Å²) in [5.41, 5.74) is 3.18. The maximum Gasteiger partial charge on any atom is 0.243 e. The van der Waals surface area contributed by atoms with E-state index in [1.807, 2.05) is 32.0 Å². The molecule has 0 atom stereocenters. The number of rotatable bonds is 6. The van der Waals surface area contributed by atoms with Crippen LogP contribution in [0.3, 0.4) is 0 Å². The third kappa shape index (κ3) is 4.28. The van der Waals surface area contributed by atoms with Crippen LogP contribution in [0, 0.1) is 11.6 Å². The third-order valence-electron chi connectivity index (χ3n) is 3.63. The lowest BCUT2D eigenvalue weighted by atomic mass is 10.0. The predicted octanol–water partition coefficient (Wildman–Crippen LogP) is 4.14. The minimum atomic E-state index is -0.790. The summed E-state index contributed by atoms with van der Waals surface area (Å²) in [7, 11) is 0. The van der Waals surface area contributed by atoms with Gasteiger partial charge in [0, 0.05) is 11.8 Å². The Morgan fingerprint density at radius 3 is 2.26 bits per heavy atom. The highest BCUT2D eigenvalue weighted by Gasteiger charge is 2.10. The summed E-state index contributed by atoms with van der Waals surface area (Å²) >= 11 is 0. The van der Waals surface area contributed by atoms with E-state index in [0.717, 1.165) is 41.8 Å². The van der Waals surface area contributed by atoms with Gasteiger partial charge in [-0.1, -0.05) is 32.0 Å². The summed E-state index contributed by atoms with van der Waals surface area (Å²) in [6, 6.07) is 9.08. The van der Waals surface area contributed by atoms with Gasteiger partial charge in [0.2, 0.25) is 5.91 Å². The van der Waals surface area contributed by atoms with Crippen LogP contribution in [-0.4, -0.2) is 12.5 Å². The number of carbonyl (C=O) groups is 1. The van der Waals surface area contributed by atoms with Crippen molar-refractivity contribution in [3.05, 3.63) is 59.2 Å². The number of aryl methyl sites for hydroxylation is 2. The van der Waals surface area contributed by atoms with Crippen molar-refractivity contribution in [2.75, 3.05) is 17.2 Å². The van der Waals surface area contributed by atoms with E-state index in [0.29, 0.717) is 0 Å². The fourth-order valence-electron chi connectivity index (χ4n) is 2.42. The Morgan fingerprint density at radius 1 is 1.04 bits per heavy atom. The smallest absolute Gasteiger partial charge is 0.243 e. The maximum atomic E-state index is 13.5. The predicted molar refractivity (Wildman–Crippen MR) is 88.7 cm³/mol. The molecular weight excluding hydrogens is 298 g/mol. The van der Waals surface area contributed by atoms with Crippen LogP contribution in [0.1, 0.15) is 25.0 Å². The molecule has 0 bridgehead atoms. The van der Waals surface area contributed by atoms with Crippen LogP contribution in [0.5, 0.6) is 0 Å². The molecule has 0 aliphatic heterocycles. The van der Waals surface area contributed by atoms with Gasteiger partial charge in [-0.2, -0.15) is 0 Å². The number of anilines is 2. The first kappa shape index (κ1) is 16.9. The van der Waals surface area contributed by atoms with Crippen molar-refractivity contribution >= 4 is 17.3 Å². The fraction of sp³-hybridized carbons (Fsp3) is 0.278. The van der Waals surface area contributed by atoms with Crippen LogP contribution < -0.4 is 10.6 Å². The first-order valence-corrected chi connectivity index (χ1v) is 7.64. The molecule has 0 aliphatic rings. The van der Waals surface area contributed by atoms with E-state index in [9.17, 15) is 13.6 Å². The zero-order chi connectivity index (χ0) is 16.8. The first-order chi connectivity index (χ1) is 11.0. The van der Waals surface area contributed by atoms with E-state index in [4.69, 9.17) is 0 Å². The number of nitrogens with one attached hydrogen (secondary N) is 2. The third-order valence-corrected chi connectivity index (χ3v) is 3.63. The SMILES string of the molecule is CCc1cccc(CC)c1NCC(=O)Nc1ccc(F)cc1F. The quantitative estimate of drug-likeness (QED) is 0.840. The van der Waals surface area contributed by atoms with Gasteiger partial charge in [0.1, 0.15) is 11.6 Å². The Bertz CT molecular complexity index is 679. The summed E-state index contributed by atoms with van der Waals surface area (Å²) in [5, 5.41) is 5.57. The molecule has 5 heteroatoms. The second-order valence-electron chi connectivity index (χ2n) is 5.18. The number of hydrogen-bond donors (Lipinski definition) is 2. The molecule has 23 heavy (non-hydrogen) atoms. The molecular formula is C18H20F2N2O. The van der Waals surface area contributed by atoms with Gasteiger partial charge < -0.3 is 10.6 Å². The van der Waals surface area contributed by atoms with Gasteiger partial charge in [-0.25, -0.2) is 8.78 Å². The number of para-hydroxylation sites is 1. The summed E-state index contributed by atoms with van der Waals surface area (Å²) in [5.74, 6) is -1.85. The summed E-state index contributed by atoms with van der Waals surface area (Å²) in [6.07, 6.45) is 1.70. The Kier molecular flexibility index (Phi) is 5.68. The number of hydrogen-bond acceptors (Lipinski definition) is 2. The minimum absolute atomic E-state index is 0.0147. The lowest BCUT2D eigenvalue weighted by Crippen LogP contribution is -2.23. The second-order valence-corrected chi connectivity index (χ2v) is 5.18. The lowest BCUT2D eigenvalue weighted by Gasteiger charge is -2.15. The monoisotopic (exact) mass is 318 g/mol. The molecule has 2 aromatic carbocycles. The molecule has 122 valence electrons. The number of amides is 1. The molecule has 2 aromatic rings. The van der Waals surface area contributed by atoms with E-state index < -0.39 is 11.6 Å². The van der Waals surface area contributed by atoms with Crippen LogP contribution >= 0.6 is 0 Å². The molecule has 0 spiro atoms. The maximum absolute atomic E-state index is 13.5. The van der Waals surface area contributed by atoms with Gasteiger partial charge in [-0.05, 0) is 36.1 Å². The van der Waals surface area contributed by atoms with E-state index in [-0.39, 0.29) is 18.1 Å². The zero-order valence-electron chi connectivity index (χ0n) is 13.2.